The minimum absolute atomic E-state index is 0.0576. The molecule has 26 heavy (non-hydrogen) atoms. The third-order valence-corrected chi connectivity index (χ3v) is 4.00. The molecule has 0 aliphatic rings. The average Bonchev–Trinajstić information content (AvgIpc) is 2.57. The molecule has 0 aromatic heterocycles. The van der Waals surface area contributed by atoms with Gasteiger partial charge >= 0.3 is 6.03 Å². The maximum Gasteiger partial charge on any atom is 0.319 e. The first kappa shape index (κ1) is 19.6. The monoisotopic (exact) mass is 356 g/mol. The number of ether oxygens (including phenoxy) is 1. The van der Waals surface area contributed by atoms with Crippen molar-refractivity contribution in [1.82, 2.24) is 5.32 Å². The molecule has 2 aromatic carbocycles. The highest BCUT2D eigenvalue weighted by atomic mass is 16.5. The fourth-order valence-corrected chi connectivity index (χ4v) is 2.43. The number of benzene rings is 2. The fraction of sp³-hybridized carbons (Fsp3) is 0.381. The van der Waals surface area contributed by atoms with Gasteiger partial charge in [-0.1, -0.05) is 39.0 Å². The molecule has 0 aliphatic heterocycles. The van der Waals surface area contributed by atoms with Gasteiger partial charge in [0.25, 0.3) is 0 Å². The summed E-state index contributed by atoms with van der Waals surface area (Å²) in [5.74, 6) is 0.884. The minimum Gasteiger partial charge on any atom is -0.506 e. The second kappa shape index (κ2) is 8.61. The van der Waals surface area contributed by atoms with Crippen molar-refractivity contribution in [2.24, 2.45) is 0 Å². The molecular formula is C21H28N2O3. The van der Waals surface area contributed by atoms with Crippen molar-refractivity contribution in [2.75, 3.05) is 18.5 Å². The third-order valence-electron chi connectivity index (χ3n) is 4.00. The van der Waals surface area contributed by atoms with Gasteiger partial charge in [0.05, 0.1) is 12.3 Å². The summed E-state index contributed by atoms with van der Waals surface area (Å²) in [4.78, 5) is 11.8. The molecule has 0 heterocycles. The first-order valence-electron chi connectivity index (χ1n) is 8.83. The van der Waals surface area contributed by atoms with E-state index in [0.717, 1.165) is 11.3 Å². The largest absolute Gasteiger partial charge is 0.506 e. The van der Waals surface area contributed by atoms with E-state index in [1.54, 1.807) is 12.1 Å². The maximum atomic E-state index is 11.8. The number of urea groups is 1. The Morgan fingerprint density at radius 1 is 1.12 bits per heavy atom. The van der Waals surface area contributed by atoms with Gasteiger partial charge in [0.2, 0.25) is 0 Å². The molecule has 2 amide bonds. The number of hydrogen-bond donors (Lipinski definition) is 3. The zero-order valence-electron chi connectivity index (χ0n) is 15.9. The lowest BCUT2D eigenvalue weighted by Crippen LogP contribution is -2.30. The summed E-state index contributed by atoms with van der Waals surface area (Å²) in [6, 6.07) is 12.9. The van der Waals surface area contributed by atoms with Crippen LogP contribution in [0, 0.1) is 6.92 Å². The zero-order chi connectivity index (χ0) is 19.2. The summed E-state index contributed by atoms with van der Waals surface area (Å²) in [7, 11) is 0. The Hall–Kier alpha value is -2.69. The predicted octanol–water partition coefficient (Wildman–Crippen LogP) is 4.59. The van der Waals surface area contributed by atoms with Crippen molar-refractivity contribution in [2.45, 2.75) is 39.5 Å². The van der Waals surface area contributed by atoms with E-state index in [2.05, 4.69) is 43.5 Å². The molecule has 2 aromatic rings. The van der Waals surface area contributed by atoms with Gasteiger partial charge in [-0.2, -0.15) is 0 Å². The summed E-state index contributed by atoms with van der Waals surface area (Å²) in [6.07, 6.45) is 0.689. The zero-order valence-corrected chi connectivity index (χ0v) is 15.9. The van der Waals surface area contributed by atoms with Crippen LogP contribution in [0.25, 0.3) is 0 Å². The highest BCUT2D eigenvalue weighted by Crippen LogP contribution is 2.24. The normalized spacial score (nSPS) is 11.1. The van der Waals surface area contributed by atoms with Crippen LogP contribution in [0.1, 0.15) is 38.3 Å². The highest BCUT2D eigenvalue weighted by Gasteiger charge is 2.12. The van der Waals surface area contributed by atoms with Crippen molar-refractivity contribution in [1.29, 1.82) is 0 Å². The number of nitrogens with one attached hydrogen (secondary N) is 2. The van der Waals surface area contributed by atoms with Gasteiger partial charge in [-0.05, 0) is 54.2 Å². The van der Waals surface area contributed by atoms with Crippen LogP contribution in [0.2, 0.25) is 0 Å². The number of aromatic hydroxyl groups is 1. The lowest BCUT2D eigenvalue weighted by atomic mass is 9.87. The average molecular weight is 356 g/mol. The lowest BCUT2D eigenvalue weighted by Gasteiger charge is -2.19. The first-order chi connectivity index (χ1) is 12.3. The predicted molar refractivity (Wildman–Crippen MR) is 105 cm³/mol. The number of amides is 2. The van der Waals surface area contributed by atoms with E-state index < -0.39 is 0 Å². The van der Waals surface area contributed by atoms with E-state index in [0.29, 0.717) is 25.3 Å². The molecule has 0 spiro atoms. The van der Waals surface area contributed by atoms with Crippen LogP contribution in [0.3, 0.4) is 0 Å². The SMILES string of the molecule is Cc1ccc(NC(=O)NCCCOc2ccc(C(C)(C)C)cc2)c(O)c1. The van der Waals surface area contributed by atoms with E-state index in [1.165, 1.54) is 5.56 Å². The van der Waals surface area contributed by atoms with E-state index in [1.807, 2.05) is 25.1 Å². The van der Waals surface area contributed by atoms with Crippen LogP contribution < -0.4 is 15.4 Å². The lowest BCUT2D eigenvalue weighted by molar-refractivity contribution is 0.250. The Labute approximate surface area is 155 Å². The van der Waals surface area contributed by atoms with Crippen molar-refractivity contribution in [3.05, 3.63) is 53.6 Å². The number of carbonyl (C=O) groups excluding carboxylic acids is 1. The topological polar surface area (TPSA) is 70.6 Å². The molecule has 140 valence electrons. The number of aryl methyl sites for hydroxylation is 1. The van der Waals surface area contributed by atoms with Gasteiger partial charge < -0.3 is 20.5 Å². The Morgan fingerprint density at radius 2 is 1.81 bits per heavy atom. The second-order valence-corrected chi connectivity index (χ2v) is 7.38. The van der Waals surface area contributed by atoms with Crippen LogP contribution in [-0.2, 0) is 5.41 Å². The van der Waals surface area contributed by atoms with Crippen LogP contribution in [-0.4, -0.2) is 24.3 Å². The van der Waals surface area contributed by atoms with Crippen LogP contribution >= 0.6 is 0 Å². The third kappa shape index (κ3) is 5.99. The Kier molecular flexibility index (Phi) is 6.50. The number of carbonyl (C=O) groups is 1. The molecule has 0 radical (unpaired) electrons. The molecule has 0 saturated carbocycles. The molecule has 5 nitrogen and oxygen atoms in total. The quantitative estimate of drug-likeness (QED) is 0.524. The molecule has 0 atom stereocenters. The van der Waals surface area contributed by atoms with Crippen LogP contribution in [0.4, 0.5) is 10.5 Å². The van der Waals surface area contributed by atoms with E-state index >= 15 is 0 Å². The number of hydrogen-bond acceptors (Lipinski definition) is 3. The van der Waals surface area contributed by atoms with Gasteiger partial charge in [0, 0.05) is 6.54 Å². The maximum absolute atomic E-state index is 11.8. The number of anilines is 1. The Morgan fingerprint density at radius 3 is 2.42 bits per heavy atom. The summed E-state index contributed by atoms with van der Waals surface area (Å²) < 4.78 is 5.69. The molecule has 5 heteroatoms. The van der Waals surface area contributed by atoms with Crippen LogP contribution in [0.15, 0.2) is 42.5 Å². The van der Waals surface area contributed by atoms with Crippen molar-refractivity contribution in [3.63, 3.8) is 0 Å². The van der Waals surface area contributed by atoms with Crippen LogP contribution in [0.5, 0.6) is 11.5 Å². The van der Waals surface area contributed by atoms with Gasteiger partial charge in [-0.3, -0.25) is 0 Å². The fourth-order valence-electron chi connectivity index (χ4n) is 2.43. The van der Waals surface area contributed by atoms with E-state index in [9.17, 15) is 9.90 Å². The van der Waals surface area contributed by atoms with Crippen molar-refractivity contribution < 1.29 is 14.6 Å². The standard InChI is InChI=1S/C21H28N2O3/c1-15-6-11-18(19(24)14-15)23-20(25)22-12-5-13-26-17-9-7-16(8-10-17)21(2,3)4/h6-11,14,24H,5,12-13H2,1-4H3,(H2,22,23,25). The Balaban J connectivity index is 1.68. The summed E-state index contributed by atoms with van der Waals surface area (Å²) in [5, 5.41) is 15.2. The van der Waals surface area contributed by atoms with Crippen molar-refractivity contribution in [3.8, 4) is 11.5 Å². The second-order valence-electron chi connectivity index (χ2n) is 7.38. The Bertz CT molecular complexity index is 734. The van der Waals surface area contributed by atoms with E-state index in [4.69, 9.17) is 4.74 Å². The number of phenols is 1. The summed E-state index contributed by atoms with van der Waals surface area (Å²) in [6.45, 7) is 9.41. The van der Waals surface area contributed by atoms with Gasteiger partial charge in [-0.25, -0.2) is 4.79 Å². The molecule has 0 bridgehead atoms. The molecule has 2 rings (SSSR count). The summed E-state index contributed by atoms with van der Waals surface area (Å²) >= 11 is 0. The number of rotatable bonds is 6. The van der Waals surface area contributed by atoms with Crippen molar-refractivity contribution >= 4 is 11.7 Å². The highest BCUT2D eigenvalue weighted by molar-refractivity contribution is 5.90. The van der Waals surface area contributed by atoms with E-state index in [-0.39, 0.29) is 17.2 Å². The molecular weight excluding hydrogens is 328 g/mol. The smallest absolute Gasteiger partial charge is 0.319 e. The summed E-state index contributed by atoms with van der Waals surface area (Å²) in [5.41, 5.74) is 2.72. The number of phenolic OH excluding ortho intramolecular Hbond substituents is 1. The first-order valence-corrected chi connectivity index (χ1v) is 8.83. The molecule has 0 fully saturated rings. The van der Waals surface area contributed by atoms with Gasteiger partial charge in [-0.15, -0.1) is 0 Å². The van der Waals surface area contributed by atoms with Gasteiger partial charge in [0.15, 0.2) is 0 Å². The molecule has 0 aliphatic carbocycles. The van der Waals surface area contributed by atoms with Gasteiger partial charge in [0.1, 0.15) is 11.5 Å². The minimum atomic E-state index is -0.348. The molecule has 0 unspecified atom stereocenters. The molecule has 0 saturated heterocycles. The molecule has 3 N–H and O–H groups in total.